The predicted octanol–water partition coefficient (Wildman–Crippen LogP) is 2.42. The lowest BCUT2D eigenvalue weighted by Gasteiger charge is -2.12. The Kier molecular flexibility index (Phi) is 4.80. The second-order valence-corrected chi connectivity index (χ2v) is 4.49. The molecule has 0 heterocycles. The number of halogens is 3. The number of hydrogen-bond acceptors (Lipinski definition) is 5. The van der Waals surface area contributed by atoms with Crippen molar-refractivity contribution >= 4 is 17.7 Å². The molecular weight excluding hydrogens is 281 g/mol. The third-order valence-corrected chi connectivity index (χ3v) is 2.89. The number of methoxy groups -OCH3 is 1. The van der Waals surface area contributed by atoms with E-state index in [2.05, 4.69) is 4.74 Å². The summed E-state index contributed by atoms with van der Waals surface area (Å²) in [4.78, 5) is 11.2. The third kappa shape index (κ3) is 3.87. The zero-order chi connectivity index (χ0) is 14.6. The number of nitrogens with two attached hydrogens (primary N) is 1. The lowest BCUT2D eigenvalue weighted by molar-refractivity contribution is -0.0328. The number of carbonyl (C=O) groups is 1. The van der Waals surface area contributed by atoms with Crippen LogP contribution in [0.1, 0.15) is 21.5 Å². The van der Waals surface area contributed by atoms with Crippen molar-refractivity contribution in [3.05, 3.63) is 28.8 Å². The fraction of sp³-hybridized carbons (Fsp3) is 0.273. The minimum atomic E-state index is -4.51. The number of ether oxygens (including phenoxy) is 1. The summed E-state index contributed by atoms with van der Waals surface area (Å²) in [6, 6.07) is 3.79. The normalized spacial score (nSPS) is 10.9. The summed E-state index contributed by atoms with van der Waals surface area (Å²) >= 11 is -0.408. The summed E-state index contributed by atoms with van der Waals surface area (Å²) < 4.78 is 41.4. The third-order valence-electron chi connectivity index (χ3n) is 2.19. The average molecular weight is 290 g/mol. The minimum Gasteiger partial charge on any atom is -0.465 e. The lowest BCUT2D eigenvalue weighted by atomic mass is 10.0. The van der Waals surface area contributed by atoms with E-state index < -0.39 is 23.2 Å². The van der Waals surface area contributed by atoms with Crippen molar-refractivity contribution in [1.29, 1.82) is 5.26 Å². The largest absolute Gasteiger partial charge is 0.465 e. The van der Waals surface area contributed by atoms with Crippen LogP contribution < -0.4 is 5.73 Å². The molecule has 0 aliphatic rings. The topological polar surface area (TPSA) is 76.1 Å². The van der Waals surface area contributed by atoms with Crippen molar-refractivity contribution in [3.8, 4) is 6.07 Å². The van der Waals surface area contributed by atoms with Gasteiger partial charge in [-0.05, 0) is 29.5 Å². The van der Waals surface area contributed by atoms with Crippen molar-refractivity contribution < 1.29 is 22.7 Å². The summed E-state index contributed by atoms with van der Waals surface area (Å²) in [5.41, 5.74) is 0.866. The van der Waals surface area contributed by atoms with Crippen LogP contribution in [0.5, 0.6) is 0 Å². The Morgan fingerprint density at radius 1 is 1.53 bits per heavy atom. The molecule has 1 rings (SSSR count). The second kappa shape index (κ2) is 5.95. The molecule has 0 fully saturated rings. The van der Waals surface area contributed by atoms with Crippen LogP contribution in [-0.2, 0) is 11.3 Å². The van der Waals surface area contributed by atoms with Crippen LogP contribution in [0.4, 0.5) is 13.2 Å². The fourth-order valence-corrected chi connectivity index (χ4v) is 2.07. The van der Waals surface area contributed by atoms with Gasteiger partial charge in [-0.25, -0.2) is 4.79 Å². The van der Waals surface area contributed by atoms with E-state index in [1.54, 1.807) is 6.07 Å². The molecule has 0 spiro atoms. The zero-order valence-electron chi connectivity index (χ0n) is 9.75. The monoisotopic (exact) mass is 290 g/mol. The average Bonchev–Trinajstić information content (AvgIpc) is 2.34. The van der Waals surface area contributed by atoms with Crippen LogP contribution in [-0.4, -0.2) is 18.6 Å². The highest BCUT2D eigenvalue weighted by atomic mass is 32.2. The van der Waals surface area contributed by atoms with E-state index in [1.807, 2.05) is 0 Å². The molecule has 0 saturated heterocycles. The molecule has 1 aromatic rings. The Bertz CT molecular complexity index is 538. The highest BCUT2D eigenvalue weighted by molar-refractivity contribution is 8.00. The van der Waals surface area contributed by atoms with Crippen LogP contribution in [0.2, 0.25) is 0 Å². The highest BCUT2D eigenvalue weighted by Gasteiger charge is 2.30. The van der Waals surface area contributed by atoms with Gasteiger partial charge in [0.2, 0.25) is 0 Å². The van der Waals surface area contributed by atoms with Crippen LogP contribution >= 0.6 is 11.8 Å². The number of hydrogen-bond donors (Lipinski definition) is 1. The molecule has 0 aromatic heterocycles. The van der Waals surface area contributed by atoms with Crippen molar-refractivity contribution in [2.45, 2.75) is 16.9 Å². The van der Waals surface area contributed by atoms with E-state index in [1.165, 1.54) is 0 Å². The van der Waals surface area contributed by atoms with Gasteiger partial charge in [-0.3, -0.25) is 0 Å². The number of thioether (sulfide) groups is 1. The van der Waals surface area contributed by atoms with Gasteiger partial charge in [-0.2, -0.15) is 18.4 Å². The maximum atomic E-state index is 12.3. The molecule has 1 aromatic carbocycles. The van der Waals surface area contributed by atoms with Crippen molar-refractivity contribution in [2.24, 2.45) is 5.73 Å². The number of nitriles is 1. The van der Waals surface area contributed by atoms with Gasteiger partial charge >= 0.3 is 11.5 Å². The Labute approximate surface area is 111 Å². The van der Waals surface area contributed by atoms with Gasteiger partial charge in [0, 0.05) is 11.4 Å². The number of benzene rings is 1. The molecule has 0 aliphatic carbocycles. The first-order chi connectivity index (χ1) is 8.82. The molecule has 0 amide bonds. The zero-order valence-corrected chi connectivity index (χ0v) is 10.6. The van der Waals surface area contributed by atoms with E-state index in [0.29, 0.717) is 0 Å². The molecule has 19 heavy (non-hydrogen) atoms. The van der Waals surface area contributed by atoms with Crippen LogP contribution in [0.15, 0.2) is 17.0 Å². The van der Waals surface area contributed by atoms with Crippen molar-refractivity contribution in [3.63, 3.8) is 0 Å². The summed E-state index contributed by atoms with van der Waals surface area (Å²) in [6.45, 7) is -0.149. The summed E-state index contributed by atoms with van der Waals surface area (Å²) in [5, 5.41) is 8.90. The van der Waals surface area contributed by atoms with E-state index in [0.717, 1.165) is 19.2 Å². The summed E-state index contributed by atoms with van der Waals surface area (Å²) in [7, 11) is 1.10. The Morgan fingerprint density at radius 2 is 2.16 bits per heavy atom. The second-order valence-electron chi connectivity index (χ2n) is 3.35. The van der Waals surface area contributed by atoms with Crippen molar-refractivity contribution in [2.75, 3.05) is 7.11 Å². The van der Waals surface area contributed by atoms with Crippen molar-refractivity contribution in [1.82, 2.24) is 0 Å². The molecule has 0 radical (unpaired) electrons. The van der Waals surface area contributed by atoms with E-state index in [4.69, 9.17) is 11.0 Å². The van der Waals surface area contributed by atoms with E-state index in [9.17, 15) is 18.0 Å². The number of esters is 1. The standard InChI is InChI=1S/C11H9F3N2O2S/c1-18-10(17)8-3-7(19-11(12,13)14)2-6(4-15)9(8)5-16/h2-3H,5,16H2,1H3. The number of nitrogens with zero attached hydrogens (tertiary/aromatic N) is 1. The maximum absolute atomic E-state index is 12.3. The molecule has 4 nitrogen and oxygen atoms in total. The Balaban J connectivity index is 3.39. The number of alkyl halides is 3. The van der Waals surface area contributed by atoms with Gasteiger partial charge in [0.1, 0.15) is 0 Å². The molecule has 102 valence electrons. The number of carbonyl (C=O) groups excluding carboxylic acids is 1. The molecule has 0 atom stereocenters. The van der Waals surface area contributed by atoms with Gasteiger partial charge in [0.25, 0.3) is 0 Å². The minimum absolute atomic E-state index is 0.0721. The molecule has 0 aliphatic heterocycles. The molecule has 0 saturated carbocycles. The summed E-state index contributed by atoms with van der Waals surface area (Å²) in [6.07, 6.45) is 0. The first kappa shape index (κ1) is 15.3. The molecule has 2 N–H and O–H groups in total. The smallest absolute Gasteiger partial charge is 0.446 e. The van der Waals surface area contributed by atoms with Gasteiger partial charge in [0.15, 0.2) is 0 Å². The fourth-order valence-electron chi connectivity index (χ4n) is 1.45. The predicted molar refractivity (Wildman–Crippen MR) is 62.3 cm³/mol. The van der Waals surface area contributed by atoms with E-state index in [-0.39, 0.29) is 28.1 Å². The Morgan fingerprint density at radius 3 is 2.58 bits per heavy atom. The van der Waals surface area contributed by atoms with Gasteiger partial charge in [0.05, 0.1) is 24.3 Å². The lowest BCUT2D eigenvalue weighted by Crippen LogP contribution is -2.12. The van der Waals surface area contributed by atoms with Crippen LogP contribution in [0.25, 0.3) is 0 Å². The van der Waals surface area contributed by atoms with Gasteiger partial charge < -0.3 is 10.5 Å². The quantitative estimate of drug-likeness (QED) is 0.683. The molecule has 0 unspecified atom stereocenters. The van der Waals surface area contributed by atoms with Crippen LogP contribution in [0, 0.1) is 11.3 Å². The van der Waals surface area contributed by atoms with Gasteiger partial charge in [-0.1, -0.05) is 0 Å². The molecule has 8 heteroatoms. The maximum Gasteiger partial charge on any atom is 0.446 e. The first-order valence-corrected chi connectivity index (χ1v) is 5.75. The Hall–Kier alpha value is -1.72. The highest BCUT2D eigenvalue weighted by Crippen LogP contribution is 2.38. The van der Waals surface area contributed by atoms with Gasteiger partial charge in [-0.15, -0.1) is 0 Å². The number of rotatable bonds is 3. The molecule has 0 bridgehead atoms. The van der Waals surface area contributed by atoms with E-state index >= 15 is 0 Å². The molecular formula is C11H9F3N2O2S. The summed E-state index contributed by atoms with van der Waals surface area (Å²) in [5.74, 6) is -0.832. The van der Waals surface area contributed by atoms with Crippen LogP contribution in [0.3, 0.4) is 0 Å². The first-order valence-electron chi connectivity index (χ1n) is 4.93. The SMILES string of the molecule is COC(=O)c1cc(SC(F)(F)F)cc(C#N)c1CN.